The number of carbonyl (C=O) groups is 1. The minimum absolute atomic E-state index is 0.0139. The number of nitrogens with zero attached hydrogens (tertiary/aromatic N) is 1. The summed E-state index contributed by atoms with van der Waals surface area (Å²) in [5.74, 6) is 1.47. The minimum Gasteiger partial charge on any atom is -0.497 e. The molecule has 0 N–H and O–H groups in total. The fourth-order valence-corrected chi connectivity index (χ4v) is 3.50. The van der Waals surface area contributed by atoms with Gasteiger partial charge >= 0.3 is 0 Å². The number of anilines is 1. The van der Waals surface area contributed by atoms with Gasteiger partial charge in [-0.3, -0.25) is 9.69 Å². The van der Waals surface area contributed by atoms with Crippen molar-refractivity contribution in [2.24, 2.45) is 0 Å². The van der Waals surface area contributed by atoms with Crippen LogP contribution in [0.15, 0.2) is 54.6 Å². The van der Waals surface area contributed by atoms with E-state index in [1.165, 1.54) is 0 Å². The molecule has 1 saturated heterocycles. The van der Waals surface area contributed by atoms with E-state index in [9.17, 15) is 4.79 Å². The van der Waals surface area contributed by atoms with Gasteiger partial charge in [-0.25, -0.2) is 0 Å². The molecule has 3 rings (SSSR count). The van der Waals surface area contributed by atoms with Crippen molar-refractivity contribution >= 4 is 23.4 Å². The molecular weight excluding hydrogens is 270 g/mol. The van der Waals surface area contributed by atoms with Crippen LogP contribution in [-0.2, 0) is 4.79 Å². The van der Waals surface area contributed by atoms with Gasteiger partial charge in [-0.15, -0.1) is 11.8 Å². The number of ether oxygens (including phenoxy) is 1. The van der Waals surface area contributed by atoms with Crippen molar-refractivity contribution < 1.29 is 9.53 Å². The largest absolute Gasteiger partial charge is 0.497 e. The molecule has 0 radical (unpaired) electrons. The van der Waals surface area contributed by atoms with Crippen molar-refractivity contribution in [3.63, 3.8) is 0 Å². The molecule has 1 atom stereocenters. The lowest BCUT2D eigenvalue weighted by atomic mass is 10.1. The average Bonchev–Trinajstić information content (AvgIpc) is 2.90. The smallest absolute Gasteiger partial charge is 0.238 e. The summed E-state index contributed by atoms with van der Waals surface area (Å²) in [7, 11) is 1.65. The Morgan fingerprint density at radius 2 is 1.95 bits per heavy atom. The summed E-state index contributed by atoms with van der Waals surface area (Å²) in [5, 5.41) is 0.0139. The molecule has 0 saturated carbocycles. The Kier molecular flexibility index (Phi) is 3.65. The summed E-state index contributed by atoms with van der Waals surface area (Å²) in [5.41, 5.74) is 2.03. The van der Waals surface area contributed by atoms with Crippen molar-refractivity contribution in [3.05, 3.63) is 60.2 Å². The molecule has 2 aromatic carbocycles. The lowest BCUT2D eigenvalue weighted by molar-refractivity contribution is -0.115. The van der Waals surface area contributed by atoms with Crippen LogP contribution in [0.25, 0.3) is 0 Å². The van der Waals surface area contributed by atoms with E-state index >= 15 is 0 Å². The lowest BCUT2D eigenvalue weighted by Gasteiger charge is -2.24. The zero-order valence-corrected chi connectivity index (χ0v) is 12.0. The van der Waals surface area contributed by atoms with Gasteiger partial charge in [0.25, 0.3) is 0 Å². The van der Waals surface area contributed by atoms with Crippen LogP contribution in [0.4, 0.5) is 5.69 Å². The molecule has 0 aromatic heterocycles. The maximum atomic E-state index is 12.2. The van der Waals surface area contributed by atoms with Gasteiger partial charge in [0.2, 0.25) is 5.91 Å². The minimum atomic E-state index is 0.0139. The van der Waals surface area contributed by atoms with Gasteiger partial charge in [-0.05, 0) is 29.8 Å². The fourth-order valence-electron chi connectivity index (χ4n) is 2.33. The number of carbonyl (C=O) groups excluding carboxylic acids is 1. The molecule has 1 unspecified atom stereocenters. The van der Waals surface area contributed by atoms with Crippen LogP contribution in [0, 0.1) is 0 Å². The molecule has 20 heavy (non-hydrogen) atoms. The normalized spacial score (nSPS) is 18.4. The van der Waals surface area contributed by atoms with E-state index in [2.05, 4.69) is 0 Å². The Morgan fingerprint density at radius 3 is 2.70 bits per heavy atom. The quantitative estimate of drug-likeness (QED) is 0.864. The molecule has 0 spiro atoms. The number of rotatable bonds is 3. The average molecular weight is 285 g/mol. The highest BCUT2D eigenvalue weighted by Gasteiger charge is 2.33. The van der Waals surface area contributed by atoms with Crippen molar-refractivity contribution in [3.8, 4) is 5.75 Å². The van der Waals surface area contributed by atoms with Gasteiger partial charge in [-0.2, -0.15) is 0 Å². The van der Waals surface area contributed by atoms with E-state index in [0.717, 1.165) is 17.0 Å². The second-order valence-electron chi connectivity index (χ2n) is 4.54. The third kappa shape index (κ3) is 2.39. The summed E-state index contributed by atoms with van der Waals surface area (Å²) < 4.78 is 5.27. The Hall–Kier alpha value is -1.94. The molecule has 102 valence electrons. The highest BCUT2D eigenvalue weighted by molar-refractivity contribution is 8.00. The SMILES string of the molecule is COc1cccc(C2SCC(=O)N2c2ccccc2)c1. The number of para-hydroxylation sites is 1. The highest BCUT2D eigenvalue weighted by Crippen LogP contribution is 2.42. The predicted octanol–water partition coefficient (Wildman–Crippen LogP) is 3.47. The molecule has 1 fully saturated rings. The Balaban J connectivity index is 1.97. The first kappa shape index (κ1) is 13.1. The maximum Gasteiger partial charge on any atom is 0.238 e. The fraction of sp³-hybridized carbons (Fsp3) is 0.188. The molecule has 1 aliphatic heterocycles. The topological polar surface area (TPSA) is 29.5 Å². The molecule has 1 amide bonds. The van der Waals surface area contributed by atoms with E-state index < -0.39 is 0 Å². The summed E-state index contributed by atoms with van der Waals surface area (Å²) in [6, 6.07) is 17.7. The molecule has 2 aromatic rings. The van der Waals surface area contributed by atoms with E-state index in [1.54, 1.807) is 18.9 Å². The molecule has 1 aliphatic rings. The van der Waals surface area contributed by atoms with Crippen LogP contribution in [0.1, 0.15) is 10.9 Å². The molecule has 1 heterocycles. The van der Waals surface area contributed by atoms with Crippen LogP contribution in [0.3, 0.4) is 0 Å². The number of amides is 1. The van der Waals surface area contributed by atoms with Gasteiger partial charge in [0.15, 0.2) is 0 Å². The molecule has 3 nitrogen and oxygen atoms in total. The summed E-state index contributed by atoms with van der Waals surface area (Å²) >= 11 is 1.65. The monoisotopic (exact) mass is 285 g/mol. The first-order valence-corrected chi connectivity index (χ1v) is 7.47. The second kappa shape index (κ2) is 5.59. The summed E-state index contributed by atoms with van der Waals surface area (Å²) in [6.07, 6.45) is 0. The Bertz CT molecular complexity index is 615. The third-order valence-electron chi connectivity index (χ3n) is 3.28. The third-order valence-corrected chi connectivity index (χ3v) is 4.49. The first-order chi connectivity index (χ1) is 9.79. The Labute approximate surface area is 122 Å². The Morgan fingerprint density at radius 1 is 1.15 bits per heavy atom. The van der Waals surface area contributed by atoms with Crippen molar-refractivity contribution in [1.29, 1.82) is 0 Å². The van der Waals surface area contributed by atoms with Crippen LogP contribution >= 0.6 is 11.8 Å². The number of benzene rings is 2. The second-order valence-corrected chi connectivity index (χ2v) is 5.61. The van der Waals surface area contributed by atoms with E-state index in [-0.39, 0.29) is 11.3 Å². The summed E-state index contributed by atoms with van der Waals surface area (Å²) in [4.78, 5) is 14.0. The zero-order chi connectivity index (χ0) is 13.9. The molecule has 0 aliphatic carbocycles. The number of methoxy groups -OCH3 is 1. The molecule has 0 bridgehead atoms. The standard InChI is InChI=1S/C16H15NO2S/c1-19-14-9-5-6-12(10-14)16-17(15(18)11-20-16)13-7-3-2-4-8-13/h2-10,16H,11H2,1H3. The lowest BCUT2D eigenvalue weighted by Crippen LogP contribution is -2.27. The van der Waals surface area contributed by atoms with Crippen LogP contribution in [0.2, 0.25) is 0 Å². The van der Waals surface area contributed by atoms with Gasteiger partial charge in [0, 0.05) is 5.69 Å². The summed E-state index contributed by atoms with van der Waals surface area (Å²) in [6.45, 7) is 0. The number of hydrogen-bond acceptors (Lipinski definition) is 3. The van der Waals surface area contributed by atoms with E-state index in [4.69, 9.17) is 4.74 Å². The van der Waals surface area contributed by atoms with Gasteiger partial charge < -0.3 is 4.74 Å². The van der Waals surface area contributed by atoms with Crippen LogP contribution in [-0.4, -0.2) is 18.8 Å². The zero-order valence-electron chi connectivity index (χ0n) is 11.2. The van der Waals surface area contributed by atoms with Crippen LogP contribution in [0.5, 0.6) is 5.75 Å². The number of thioether (sulfide) groups is 1. The van der Waals surface area contributed by atoms with E-state index in [0.29, 0.717) is 5.75 Å². The number of hydrogen-bond donors (Lipinski definition) is 0. The van der Waals surface area contributed by atoms with Gasteiger partial charge in [0.05, 0.1) is 12.9 Å². The van der Waals surface area contributed by atoms with Gasteiger partial charge in [-0.1, -0.05) is 30.3 Å². The van der Waals surface area contributed by atoms with E-state index in [1.807, 2.05) is 59.5 Å². The maximum absolute atomic E-state index is 12.2. The first-order valence-electron chi connectivity index (χ1n) is 6.42. The molecular formula is C16H15NO2S. The van der Waals surface area contributed by atoms with Crippen molar-refractivity contribution in [2.45, 2.75) is 5.37 Å². The van der Waals surface area contributed by atoms with Crippen molar-refractivity contribution in [2.75, 3.05) is 17.8 Å². The van der Waals surface area contributed by atoms with Crippen molar-refractivity contribution in [1.82, 2.24) is 0 Å². The van der Waals surface area contributed by atoms with Crippen LogP contribution < -0.4 is 9.64 Å². The molecule has 4 heteroatoms. The highest BCUT2D eigenvalue weighted by atomic mass is 32.2. The predicted molar refractivity (Wildman–Crippen MR) is 82.1 cm³/mol. The van der Waals surface area contributed by atoms with Gasteiger partial charge in [0.1, 0.15) is 11.1 Å².